The molecule has 2 saturated heterocycles. The van der Waals surface area contributed by atoms with Crippen LogP contribution in [-0.2, 0) is 20.7 Å². The van der Waals surface area contributed by atoms with Gasteiger partial charge < -0.3 is 15.0 Å². The molecule has 2 fully saturated rings. The molecule has 7 heteroatoms. The molecule has 0 radical (unpaired) electrons. The number of piperidine rings is 1. The molecule has 0 aliphatic carbocycles. The fraction of sp³-hybridized carbons (Fsp3) is 0.448. The van der Waals surface area contributed by atoms with Crippen molar-refractivity contribution in [2.45, 2.75) is 62.8 Å². The molecule has 0 spiro atoms. The van der Waals surface area contributed by atoms with Gasteiger partial charge in [-0.1, -0.05) is 48.5 Å². The molecule has 6 rings (SSSR count). The number of carbonyl (C=O) groups excluding carboxylic acids is 2. The van der Waals surface area contributed by atoms with Crippen LogP contribution in [0.25, 0.3) is 10.9 Å². The topological polar surface area (TPSA) is 77.7 Å². The third-order valence-electron chi connectivity index (χ3n) is 8.45. The Balaban J connectivity index is 1.43. The largest absolute Gasteiger partial charge is 0.468 e. The highest BCUT2D eigenvalue weighted by Crippen LogP contribution is 2.50. The first kappa shape index (κ1) is 23.3. The predicted octanol–water partition coefficient (Wildman–Crippen LogP) is 3.72. The number of nitrogens with zero attached hydrogens (tertiary/aromatic N) is 2. The molecule has 0 saturated carbocycles. The lowest BCUT2D eigenvalue weighted by Gasteiger charge is -2.52. The number of esters is 1. The molecular formula is C29H34N4O3. The minimum absolute atomic E-state index is 0.0368. The molecule has 2 N–H and O–H groups in total. The van der Waals surface area contributed by atoms with Crippen molar-refractivity contribution in [3.63, 3.8) is 0 Å². The van der Waals surface area contributed by atoms with E-state index in [9.17, 15) is 9.59 Å². The lowest BCUT2D eigenvalue weighted by atomic mass is 9.79. The molecule has 0 bridgehead atoms. The summed E-state index contributed by atoms with van der Waals surface area (Å²) >= 11 is 0. The van der Waals surface area contributed by atoms with Crippen LogP contribution < -0.4 is 5.32 Å². The molecule has 5 atom stereocenters. The van der Waals surface area contributed by atoms with E-state index in [4.69, 9.17) is 4.74 Å². The first-order chi connectivity index (χ1) is 17.5. The summed E-state index contributed by atoms with van der Waals surface area (Å²) in [5, 5.41) is 4.31. The maximum atomic E-state index is 13.2. The van der Waals surface area contributed by atoms with Gasteiger partial charge >= 0.3 is 5.97 Å². The first-order valence-corrected chi connectivity index (χ1v) is 13.0. The minimum Gasteiger partial charge on any atom is -0.468 e. The summed E-state index contributed by atoms with van der Waals surface area (Å²) in [5.41, 5.74) is 4.84. The molecule has 1 aromatic heterocycles. The number of carbonyl (C=O) groups is 2. The number of ether oxygens (including phenoxy) is 1. The van der Waals surface area contributed by atoms with Gasteiger partial charge in [-0.25, -0.2) is 0 Å². The number of aromatic amines is 1. The van der Waals surface area contributed by atoms with Gasteiger partial charge in [-0.2, -0.15) is 0 Å². The van der Waals surface area contributed by atoms with Crippen molar-refractivity contribution in [1.29, 1.82) is 0 Å². The number of likely N-dealkylation sites (tertiary alicyclic amines) is 1. The van der Waals surface area contributed by atoms with Gasteiger partial charge in [0.1, 0.15) is 6.04 Å². The Morgan fingerprint density at radius 3 is 2.56 bits per heavy atom. The summed E-state index contributed by atoms with van der Waals surface area (Å²) in [6.45, 7) is 3.45. The maximum Gasteiger partial charge on any atom is 0.323 e. The zero-order valence-corrected chi connectivity index (χ0v) is 20.9. The Labute approximate surface area is 211 Å². The number of H-pyrrole nitrogens is 1. The zero-order valence-electron chi connectivity index (χ0n) is 20.9. The molecule has 3 aliphatic heterocycles. The second-order valence-electron chi connectivity index (χ2n) is 10.5. The fourth-order valence-electron chi connectivity index (χ4n) is 6.94. The molecule has 36 heavy (non-hydrogen) atoms. The molecule has 3 aromatic rings. The van der Waals surface area contributed by atoms with Gasteiger partial charge in [0.25, 0.3) is 0 Å². The summed E-state index contributed by atoms with van der Waals surface area (Å²) in [7, 11) is 1.50. The zero-order chi connectivity index (χ0) is 24.8. The highest BCUT2D eigenvalue weighted by atomic mass is 16.5. The molecule has 0 unspecified atom stereocenters. The number of aromatic nitrogens is 1. The number of fused-ring (bicyclic) bond motifs is 5. The number of hydrogen-bond acceptors (Lipinski definition) is 5. The van der Waals surface area contributed by atoms with Crippen molar-refractivity contribution in [1.82, 2.24) is 20.1 Å². The monoisotopic (exact) mass is 486 g/mol. The van der Waals surface area contributed by atoms with E-state index >= 15 is 0 Å². The molecule has 3 aliphatic rings. The van der Waals surface area contributed by atoms with Crippen LogP contribution in [0.15, 0.2) is 54.6 Å². The van der Waals surface area contributed by atoms with Gasteiger partial charge in [-0.3, -0.25) is 19.4 Å². The number of methoxy groups -OCH3 is 1. The van der Waals surface area contributed by atoms with Gasteiger partial charge in [0.2, 0.25) is 5.91 Å². The van der Waals surface area contributed by atoms with Crippen LogP contribution in [0.2, 0.25) is 0 Å². The maximum absolute atomic E-state index is 13.2. The minimum atomic E-state index is -0.330. The lowest BCUT2D eigenvalue weighted by Crippen LogP contribution is -2.56. The van der Waals surface area contributed by atoms with E-state index in [0.717, 1.165) is 37.9 Å². The summed E-state index contributed by atoms with van der Waals surface area (Å²) in [6.07, 6.45) is 3.49. The standard InChI is InChI=1S/C29H34N4O3/c1-18(34)30-20-12-13-32(17-20)21-14-25(19-8-4-3-5-9-19)33-26(15-21)28-23(16-27(33)29(35)36-2)22-10-6-7-11-24(22)31-28/h3-11,20-21,25-27,31H,12-17H2,1-2H3,(H,30,34)/t20-,21+,25-,26+,27-/m0/s1. The normalized spacial score (nSPS) is 28.4. The van der Waals surface area contributed by atoms with E-state index in [1.807, 2.05) is 6.07 Å². The van der Waals surface area contributed by atoms with Gasteiger partial charge in [-0.15, -0.1) is 0 Å². The number of nitrogens with one attached hydrogen (secondary N) is 2. The number of benzene rings is 2. The van der Waals surface area contributed by atoms with Gasteiger partial charge in [-0.05, 0) is 36.5 Å². The van der Waals surface area contributed by atoms with E-state index in [1.165, 1.54) is 29.3 Å². The van der Waals surface area contributed by atoms with Crippen LogP contribution in [-0.4, -0.2) is 65.0 Å². The molecule has 2 aromatic carbocycles. The number of amides is 1. The van der Waals surface area contributed by atoms with Crippen LogP contribution in [0, 0.1) is 0 Å². The number of hydrogen-bond donors (Lipinski definition) is 2. The van der Waals surface area contributed by atoms with Crippen LogP contribution >= 0.6 is 0 Å². The van der Waals surface area contributed by atoms with Crippen molar-refractivity contribution >= 4 is 22.8 Å². The SMILES string of the molecule is COC(=O)[C@@H]1Cc2c([nH]c3ccccc23)[C@H]2C[C@H](N3CC[C@H](NC(C)=O)C3)C[C@@H](c3ccccc3)N21. The van der Waals surface area contributed by atoms with E-state index in [0.29, 0.717) is 12.5 Å². The smallest absolute Gasteiger partial charge is 0.323 e. The summed E-state index contributed by atoms with van der Waals surface area (Å²) in [6, 6.07) is 19.4. The van der Waals surface area contributed by atoms with Gasteiger partial charge in [0.15, 0.2) is 0 Å². The summed E-state index contributed by atoms with van der Waals surface area (Å²) < 4.78 is 5.36. The number of rotatable bonds is 4. The Kier molecular flexibility index (Phi) is 6.05. The predicted molar refractivity (Wildman–Crippen MR) is 138 cm³/mol. The van der Waals surface area contributed by atoms with Crippen LogP contribution in [0.1, 0.15) is 55.1 Å². The van der Waals surface area contributed by atoms with Crippen molar-refractivity contribution in [3.05, 3.63) is 71.4 Å². The van der Waals surface area contributed by atoms with Crippen molar-refractivity contribution in [3.8, 4) is 0 Å². The lowest BCUT2D eigenvalue weighted by molar-refractivity contribution is -0.152. The molecule has 1 amide bonds. The highest BCUT2D eigenvalue weighted by molar-refractivity contribution is 5.87. The van der Waals surface area contributed by atoms with E-state index in [-0.39, 0.29) is 36.0 Å². The van der Waals surface area contributed by atoms with Crippen LogP contribution in [0.3, 0.4) is 0 Å². The number of para-hydroxylation sites is 1. The van der Waals surface area contributed by atoms with Gasteiger partial charge in [0, 0.05) is 61.2 Å². The Morgan fingerprint density at radius 1 is 1.03 bits per heavy atom. The summed E-state index contributed by atoms with van der Waals surface area (Å²) in [4.78, 5) is 33.6. The molecule has 7 nitrogen and oxygen atoms in total. The van der Waals surface area contributed by atoms with Crippen molar-refractivity contribution < 1.29 is 14.3 Å². The summed E-state index contributed by atoms with van der Waals surface area (Å²) in [5.74, 6) is -0.128. The van der Waals surface area contributed by atoms with E-state index < -0.39 is 0 Å². The molecular weight excluding hydrogens is 452 g/mol. The second-order valence-corrected chi connectivity index (χ2v) is 10.5. The van der Waals surface area contributed by atoms with E-state index in [1.54, 1.807) is 6.92 Å². The Bertz CT molecular complexity index is 1270. The highest BCUT2D eigenvalue weighted by Gasteiger charge is 2.49. The average molecular weight is 487 g/mol. The van der Waals surface area contributed by atoms with Crippen LogP contribution in [0.4, 0.5) is 0 Å². The average Bonchev–Trinajstić information content (AvgIpc) is 3.52. The fourth-order valence-corrected chi connectivity index (χ4v) is 6.94. The Morgan fingerprint density at radius 2 is 1.78 bits per heavy atom. The van der Waals surface area contributed by atoms with Crippen molar-refractivity contribution in [2.24, 2.45) is 0 Å². The van der Waals surface area contributed by atoms with Gasteiger partial charge in [0.05, 0.1) is 13.2 Å². The van der Waals surface area contributed by atoms with Crippen LogP contribution in [0.5, 0.6) is 0 Å². The van der Waals surface area contributed by atoms with E-state index in [2.05, 4.69) is 68.6 Å². The molecule has 188 valence electrons. The third-order valence-corrected chi connectivity index (χ3v) is 8.45. The Hall–Kier alpha value is -3.16. The quantitative estimate of drug-likeness (QED) is 0.550. The second kappa shape index (κ2) is 9.37. The first-order valence-electron chi connectivity index (χ1n) is 13.0. The third kappa shape index (κ3) is 4.00. The molecule has 4 heterocycles. The van der Waals surface area contributed by atoms with Crippen molar-refractivity contribution in [2.75, 3.05) is 20.2 Å².